The van der Waals surface area contributed by atoms with Gasteiger partial charge < -0.3 is 5.11 Å². The Kier molecular flexibility index (Phi) is 4.15. The first kappa shape index (κ1) is 14.5. The van der Waals surface area contributed by atoms with Crippen LogP contribution in [0.1, 0.15) is 16.1 Å². The number of aromatic nitrogens is 1. The lowest BCUT2D eigenvalue weighted by atomic mass is 10.2. The van der Waals surface area contributed by atoms with Gasteiger partial charge in [-0.25, -0.2) is 9.78 Å². The van der Waals surface area contributed by atoms with E-state index in [0.29, 0.717) is 9.79 Å². The van der Waals surface area contributed by atoms with Crippen LogP contribution in [0.3, 0.4) is 0 Å². The van der Waals surface area contributed by atoms with Gasteiger partial charge in [0.25, 0.3) is 5.69 Å². The summed E-state index contributed by atoms with van der Waals surface area (Å²) in [5, 5.41) is 28.6. The zero-order chi connectivity index (χ0) is 15.4. The third-order valence-corrected chi connectivity index (χ3v) is 3.54. The fourth-order valence-electron chi connectivity index (χ4n) is 1.53. The maximum absolute atomic E-state index is 10.8. The molecule has 2 aromatic rings. The Hall–Kier alpha value is -2.92. The molecule has 0 unspecified atom stereocenters. The average Bonchev–Trinajstić information content (AvgIpc) is 2.47. The van der Waals surface area contributed by atoms with Crippen LogP contribution in [-0.4, -0.2) is 21.0 Å². The fraction of sp³-hybridized carbons (Fsp3) is 0. The van der Waals surface area contributed by atoms with Crippen LogP contribution in [-0.2, 0) is 0 Å². The van der Waals surface area contributed by atoms with Crippen LogP contribution in [0.15, 0.2) is 46.3 Å². The first-order valence-corrected chi connectivity index (χ1v) is 6.38. The molecule has 1 aromatic carbocycles. The van der Waals surface area contributed by atoms with E-state index in [1.165, 1.54) is 30.5 Å². The van der Waals surface area contributed by atoms with Crippen molar-refractivity contribution in [2.75, 3.05) is 0 Å². The van der Waals surface area contributed by atoms with Crippen molar-refractivity contribution in [2.24, 2.45) is 0 Å². The Bertz CT molecular complexity index is 770. The minimum atomic E-state index is -1.15. The van der Waals surface area contributed by atoms with Crippen LogP contribution in [0.2, 0.25) is 0 Å². The minimum absolute atomic E-state index is 0.111. The number of hydrogen-bond donors (Lipinski definition) is 1. The van der Waals surface area contributed by atoms with E-state index in [9.17, 15) is 14.9 Å². The van der Waals surface area contributed by atoms with Crippen molar-refractivity contribution < 1.29 is 14.8 Å². The highest BCUT2D eigenvalue weighted by Gasteiger charge is 2.12. The second kappa shape index (κ2) is 6.02. The van der Waals surface area contributed by atoms with E-state index >= 15 is 0 Å². The van der Waals surface area contributed by atoms with Crippen LogP contribution in [0.4, 0.5) is 5.69 Å². The highest BCUT2D eigenvalue weighted by Crippen LogP contribution is 2.32. The van der Waals surface area contributed by atoms with Crippen LogP contribution in [0.5, 0.6) is 0 Å². The number of nitro groups is 1. The molecule has 7 nitrogen and oxygen atoms in total. The van der Waals surface area contributed by atoms with Crippen molar-refractivity contribution >= 4 is 23.4 Å². The lowest BCUT2D eigenvalue weighted by Gasteiger charge is -2.04. The van der Waals surface area contributed by atoms with E-state index in [1.54, 1.807) is 6.07 Å². The lowest BCUT2D eigenvalue weighted by molar-refractivity contribution is -0.384. The van der Waals surface area contributed by atoms with E-state index in [1.807, 2.05) is 6.07 Å². The summed E-state index contributed by atoms with van der Waals surface area (Å²) in [6.07, 6.45) is 1.35. The molecule has 0 spiro atoms. The molecule has 104 valence electrons. The Balaban J connectivity index is 2.36. The molecular formula is C13H7N3O4S. The number of carboxylic acid groups (broad SMARTS) is 1. The number of nitro benzene ring substituents is 1. The molecule has 0 fully saturated rings. The van der Waals surface area contributed by atoms with Gasteiger partial charge in [0, 0.05) is 28.1 Å². The van der Waals surface area contributed by atoms with Crippen LogP contribution >= 0.6 is 11.8 Å². The summed E-state index contributed by atoms with van der Waals surface area (Å²) in [6, 6.07) is 8.80. The number of nitrogens with zero attached hydrogens (tertiary/aromatic N) is 3. The van der Waals surface area contributed by atoms with Crippen molar-refractivity contribution in [3.05, 3.63) is 57.9 Å². The predicted molar refractivity (Wildman–Crippen MR) is 73.1 cm³/mol. The molecule has 0 radical (unpaired) electrons. The second-order valence-corrected chi connectivity index (χ2v) is 4.95. The van der Waals surface area contributed by atoms with Gasteiger partial charge in [0.05, 0.1) is 10.5 Å². The van der Waals surface area contributed by atoms with Gasteiger partial charge in [0.1, 0.15) is 11.8 Å². The molecule has 1 heterocycles. The topological polar surface area (TPSA) is 117 Å². The highest BCUT2D eigenvalue weighted by atomic mass is 32.2. The summed E-state index contributed by atoms with van der Waals surface area (Å²) in [4.78, 5) is 25.7. The summed E-state index contributed by atoms with van der Waals surface area (Å²) in [6.45, 7) is 0. The maximum atomic E-state index is 10.8. The average molecular weight is 301 g/mol. The molecule has 1 aromatic heterocycles. The number of pyridine rings is 1. The SMILES string of the molecule is N#Cc1cc([N+](=O)[O-])ccc1Sc1ccnc(C(=O)O)c1. The molecule has 0 bridgehead atoms. The summed E-state index contributed by atoms with van der Waals surface area (Å²) in [7, 11) is 0. The molecular weight excluding hydrogens is 294 g/mol. The third kappa shape index (κ3) is 3.34. The normalized spacial score (nSPS) is 9.86. The zero-order valence-electron chi connectivity index (χ0n) is 10.4. The van der Waals surface area contributed by atoms with Gasteiger partial charge in [-0.3, -0.25) is 10.1 Å². The van der Waals surface area contributed by atoms with Crippen molar-refractivity contribution in [1.82, 2.24) is 4.98 Å². The Morgan fingerprint density at radius 2 is 2.14 bits per heavy atom. The van der Waals surface area contributed by atoms with Crippen molar-refractivity contribution in [3.63, 3.8) is 0 Å². The first-order valence-electron chi connectivity index (χ1n) is 5.57. The van der Waals surface area contributed by atoms with E-state index in [4.69, 9.17) is 10.4 Å². The monoisotopic (exact) mass is 301 g/mol. The molecule has 0 aliphatic carbocycles. The maximum Gasteiger partial charge on any atom is 0.354 e. The van der Waals surface area contributed by atoms with Gasteiger partial charge >= 0.3 is 5.97 Å². The molecule has 0 aliphatic heterocycles. The summed E-state index contributed by atoms with van der Waals surface area (Å²) < 4.78 is 0. The Morgan fingerprint density at radius 1 is 1.38 bits per heavy atom. The Labute approximate surface area is 123 Å². The van der Waals surface area contributed by atoms with Crippen LogP contribution < -0.4 is 0 Å². The first-order chi connectivity index (χ1) is 10.0. The highest BCUT2D eigenvalue weighted by molar-refractivity contribution is 7.99. The van der Waals surface area contributed by atoms with E-state index in [2.05, 4.69) is 4.98 Å². The van der Waals surface area contributed by atoms with Gasteiger partial charge in [-0.05, 0) is 18.2 Å². The molecule has 0 saturated heterocycles. The number of carbonyl (C=O) groups is 1. The smallest absolute Gasteiger partial charge is 0.354 e. The molecule has 1 N–H and O–H groups in total. The van der Waals surface area contributed by atoms with E-state index in [-0.39, 0.29) is 16.9 Å². The number of nitriles is 1. The van der Waals surface area contributed by atoms with Crippen molar-refractivity contribution in [3.8, 4) is 6.07 Å². The van der Waals surface area contributed by atoms with Crippen LogP contribution in [0.25, 0.3) is 0 Å². The number of rotatable bonds is 4. The van der Waals surface area contributed by atoms with Gasteiger partial charge in [-0.1, -0.05) is 11.8 Å². The molecule has 0 atom stereocenters. The van der Waals surface area contributed by atoms with Crippen LogP contribution in [0, 0.1) is 21.4 Å². The Morgan fingerprint density at radius 3 is 2.76 bits per heavy atom. The molecule has 0 saturated carbocycles. The number of hydrogen-bond acceptors (Lipinski definition) is 6. The van der Waals surface area contributed by atoms with Gasteiger partial charge in [-0.15, -0.1) is 0 Å². The minimum Gasteiger partial charge on any atom is -0.477 e. The molecule has 8 heteroatoms. The third-order valence-electron chi connectivity index (χ3n) is 2.47. The van der Waals surface area contributed by atoms with Gasteiger partial charge in [-0.2, -0.15) is 5.26 Å². The van der Waals surface area contributed by atoms with Gasteiger partial charge in [0.2, 0.25) is 0 Å². The fourth-order valence-corrected chi connectivity index (χ4v) is 2.43. The quantitative estimate of drug-likeness (QED) is 0.681. The van der Waals surface area contributed by atoms with Gasteiger partial charge in [0.15, 0.2) is 0 Å². The number of non-ortho nitro benzene ring substituents is 1. The van der Waals surface area contributed by atoms with Crippen molar-refractivity contribution in [1.29, 1.82) is 5.26 Å². The number of benzene rings is 1. The van der Waals surface area contributed by atoms with E-state index in [0.717, 1.165) is 11.8 Å². The zero-order valence-corrected chi connectivity index (χ0v) is 11.2. The molecule has 0 aliphatic rings. The lowest BCUT2D eigenvalue weighted by Crippen LogP contribution is -1.99. The number of carboxylic acids is 1. The largest absolute Gasteiger partial charge is 0.477 e. The second-order valence-electron chi connectivity index (χ2n) is 3.83. The van der Waals surface area contributed by atoms with E-state index < -0.39 is 10.9 Å². The molecule has 0 amide bonds. The summed E-state index contributed by atoms with van der Waals surface area (Å²) >= 11 is 1.14. The molecule has 2 rings (SSSR count). The summed E-state index contributed by atoms with van der Waals surface area (Å²) in [5.41, 5.74) is -0.125. The van der Waals surface area contributed by atoms with Crippen molar-refractivity contribution in [2.45, 2.75) is 9.79 Å². The summed E-state index contributed by atoms with van der Waals surface area (Å²) in [5.74, 6) is -1.15. The predicted octanol–water partition coefficient (Wildman–Crippen LogP) is 2.71. The molecule has 21 heavy (non-hydrogen) atoms. The standard InChI is InChI=1S/C13H7N3O4S/c14-7-8-5-9(16(19)20)1-2-12(8)21-10-3-4-15-11(6-10)13(17)18/h1-6H,(H,17,18). The number of aromatic carboxylic acids is 1.